The smallest absolute Gasteiger partial charge is 0.0351 e. The van der Waals surface area contributed by atoms with Gasteiger partial charge in [-0.2, -0.15) is 0 Å². The Labute approximate surface area is 116 Å². The molecule has 1 saturated carbocycles. The zero-order valence-corrected chi connectivity index (χ0v) is 11.7. The predicted octanol–water partition coefficient (Wildman–Crippen LogP) is 3.52. The van der Waals surface area contributed by atoms with E-state index in [9.17, 15) is 0 Å². The van der Waals surface area contributed by atoms with E-state index in [4.69, 9.17) is 5.73 Å². The van der Waals surface area contributed by atoms with Crippen LogP contribution in [0.25, 0.3) is 0 Å². The van der Waals surface area contributed by atoms with E-state index in [2.05, 4.69) is 23.1 Å². The van der Waals surface area contributed by atoms with Gasteiger partial charge in [0.05, 0.1) is 0 Å². The molecule has 2 aliphatic carbocycles. The van der Waals surface area contributed by atoms with Crippen molar-refractivity contribution in [3.05, 3.63) is 29.3 Å². The highest BCUT2D eigenvalue weighted by atomic mass is 15.2. The molecule has 1 aromatic rings. The first-order valence-corrected chi connectivity index (χ1v) is 7.88. The molecule has 19 heavy (non-hydrogen) atoms. The summed E-state index contributed by atoms with van der Waals surface area (Å²) in [4.78, 5) is 2.74. The highest BCUT2D eigenvalue weighted by Gasteiger charge is 2.47. The molecule has 1 aliphatic heterocycles. The molecule has 1 aromatic carbocycles. The van der Waals surface area contributed by atoms with E-state index in [0.29, 0.717) is 11.5 Å². The highest BCUT2D eigenvalue weighted by molar-refractivity contribution is 5.46. The molecule has 2 nitrogen and oxygen atoms in total. The number of benzene rings is 1. The van der Waals surface area contributed by atoms with Crippen molar-refractivity contribution in [3.8, 4) is 0 Å². The molecule has 2 N–H and O–H groups in total. The summed E-state index contributed by atoms with van der Waals surface area (Å²) in [6.07, 6.45) is 9.76. The van der Waals surface area contributed by atoms with Gasteiger partial charge in [-0.05, 0) is 60.8 Å². The normalized spacial score (nSPS) is 29.2. The maximum Gasteiger partial charge on any atom is 0.0351 e. The van der Waals surface area contributed by atoms with Gasteiger partial charge in [-0.15, -0.1) is 0 Å². The van der Waals surface area contributed by atoms with Crippen LogP contribution in [0.15, 0.2) is 18.2 Å². The molecule has 0 amide bonds. The Morgan fingerprint density at radius 2 is 1.89 bits per heavy atom. The molecule has 1 atom stereocenters. The second-order valence-electron chi connectivity index (χ2n) is 6.98. The van der Waals surface area contributed by atoms with E-state index < -0.39 is 0 Å². The molecule has 0 aromatic heterocycles. The maximum atomic E-state index is 5.93. The Kier molecular flexibility index (Phi) is 2.63. The molecule has 0 bridgehead atoms. The van der Waals surface area contributed by atoms with Gasteiger partial charge in [-0.1, -0.05) is 18.9 Å². The number of anilines is 1. The molecule has 3 aliphatic rings. The molecule has 1 unspecified atom stereocenters. The van der Waals surface area contributed by atoms with Crippen molar-refractivity contribution in [2.24, 2.45) is 5.41 Å². The van der Waals surface area contributed by atoms with E-state index >= 15 is 0 Å². The van der Waals surface area contributed by atoms with Crippen molar-refractivity contribution in [2.75, 3.05) is 18.8 Å². The Morgan fingerprint density at radius 1 is 1.11 bits per heavy atom. The number of hydrogen-bond acceptors (Lipinski definition) is 2. The van der Waals surface area contributed by atoms with Crippen LogP contribution in [0.5, 0.6) is 0 Å². The molecule has 2 heteroatoms. The lowest BCUT2D eigenvalue weighted by Crippen LogP contribution is -2.56. The number of aryl methyl sites for hydroxylation is 1. The summed E-state index contributed by atoms with van der Waals surface area (Å²) in [5, 5.41) is 0. The lowest BCUT2D eigenvalue weighted by molar-refractivity contribution is -0.0327. The van der Waals surface area contributed by atoms with Gasteiger partial charge < -0.3 is 5.73 Å². The fraction of sp³-hybridized carbons (Fsp3) is 0.647. The monoisotopic (exact) mass is 256 g/mol. The minimum atomic E-state index is 0.676. The van der Waals surface area contributed by atoms with Crippen molar-refractivity contribution >= 4 is 5.69 Å². The zero-order chi connectivity index (χ0) is 12.9. The van der Waals surface area contributed by atoms with Crippen LogP contribution >= 0.6 is 0 Å². The van der Waals surface area contributed by atoms with E-state index in [1.54, 1.807) is 5.56 Å². The first-order chi connectivity index (χ1) is 9.26. The predicted molar refractivity (Wildman–Crippen MR) is 79.0 cm³/mol. The summed E-state index contributed by atoms with van der Waals surface area (Å²) >= 11 is 0. The Bertz CT molecular complexity index is 480. The fourth-order valence-corrected chi connectivity index (χ4v) is 4.66. The third-order valence-electron chi connectivity index (χ3n) is 5.63. The summed E-state index contributed by atoms with van der Waals surface area (Å²) in [5.41, 5.74) is 10.6. The van der Waals surface area contributed by atoms with E-state index in [1.807, 2.05) is 0 Å². The van der Waals surface area contributed by atoms with Crippen molar-refractivity contribution in [1.29, 1.82) is 0 Å². The molecular formula is C17H24N2. The maximum absolute atomic E-state index is 5.93. The standard InChI is InChI=1S/C17H24N2/c18-14-6-7-15-13(10-14)4-3-5-16(15)19-11-17(12-19)8-1-2-9-17/h6-7,10,16H,1-5,8-9,11-12,18H2. The summed E-state index contributed by atoms with van der Waals surface area (Å²) in [5.74, 6) is 0. The van der Waals surface area contributed by atoms with Crippen LogP contribution in [0.3, 0.4) is 0 Å². The second kappa shape index (κ2) is 4.24. The van der Waals surface area contributed by atoms with Crippen LogP contribution in [-0.4, -0.2) is 18.0 Å². The van der Waals surface area contributed by atoms with Gasteiger partial charge in [0.15, 0.2) is 0 Å². The third-order valence-corrected chi connectivity index (χ3v) is 5.63. The van der Waals surface area contributed by atoms with Crippen molar-refractivity contribution in [3.63, 3.8) is 0 Å². The number of nitrogens with two attached hydrogens (primary N) is 1. The molecule has 102 valence electrons. The van der Waals surface area contributed by atoms with Gasteiger partial charge >= 0.3 is 0 Å². The quantitative estimate of drug-likeness (QED) is 0.779. The minimum Gasteiger partial charge on any atom is -0.399 e. The molecule has 2 fully saturated rings. The Morgan fingerprint density at radius 3 is 2.68 bits per heavy atom. The highest BCUT2D eigenvalue weighted by Crippen LogP contribution is 2.50. The largest absolute Gasteiger partial charge is 0.399 e. The molecular weight excluding hydrogens is 232 g/mol. The van der Waals surface area contributed by atoms with Crippen LogP contribution in [0.4, 0.5) is 5.69 Å². The first-order valence-electron chi connectivity index (χ1n) is 7.88. The SMILES string of the molecule is Nc1ccc2c(c1)CCCC2N1CC2(CCCC2)C1. The van der Waals surface area contributed by atoms with E-state index in [0.717, 1.165) is 5.69 Å². The molecule has 0 radical (unpaired) electrons. The lowest BCUT2D eigenvalue weighted by atomic mass is 9.75. The number of fused-ring (bicyclic) bond motifs is 1. The van der Waals surface area contributed by atoms with Gasteiger partial charge in [0.25, 0.3) is 0 Å². The van der Waals surface area contributed by atoms with Crippen LogP contribution < -0.4 is 5.73 Å². The number of rotatable bonds is 1. The number of nitrogen functional groups attached to an aromatic ring is 1. The topological polar surface area (TPSA) is 29.3 Å². The number of hydrogen-bond donors (Lipinski definition) is 1. The van der Waals surface area contributed by atoms with Gasteiger partial charge in [0, 0.05) is 24.8 Å². The van der Waals surface area contributed by atoms with Crippen LogP contribution in [-0.2, 0) is 6.42 Å². The molecule has 4 rings (SSSR count). The average Bonchev–Trinajstić information content (AvgIpc) is 2.85. The van der Waals surface area contributed by atoms with Crippen molar-refractivity contribution < 1.29 is 0 Å². The third kappa shape index (κ3) is 1.88. The van der Waals surface area contributed by atoms with Gasteiger partial charge in [0.1, 0.15) is 0 Å². The molecule has 1 saturated heterocycles. The summed E-state index contributed by atoms with van der Waals surface area (Å²) < 4.78 is 0. The fourth-order valence-electron chi connectivity index (χ4n) is 4.66. The molecule has 1 spiro atoms. The Hall–Kier alpha value is -1.02. The van der Waals surface area contributed by atoms with Crippen LogP contribution in [0.1, 0.15) is 55.7 Å². The van der Waals surface area contributed by atoms with E-state index in [-0.39, 0.29) is 0 Å². The Balaban J connectivity index is 1.55. The van der Waals surface area contributed by atoms with Gasteiger partial charge in [-0.3, -0.25) is 4.90 Å². The van der Waals surface area contributed by atoms with Crippen molar-refractivity contribution in [2.45, 2.75) is 51.0 Å². The molecule has 1 heterocycles. The summed E-state index contributed by atoms with van der Waals surface area (Å²) in [6.45, 7) is 2.70. The minimum absolute atomic E-state index is 0.676. The van der Waals surface area contributed by atoms with Crippen molar-refractivity contribution in [1.82, 2.24) is 4.90 Å². The van der Waals surface area contributed by atoms with Gasteiger partial charge in [0.2, 0.25) is 0 Å². The summed E-state index contributed by atoms with van der Waals surface area (Å²) in [6, 6.07) is 7.25. The average molecular weight is 256 g/mol. The summed E-state index contributed by atoms with van der Waals surface area (Å²) in [7, 11) is 0. The number of nitrogens with zero attached hydrogens (tertiary/aromatic N) is 1. The van der Waals surface area contributed by atoms with Gasteiger partial charge in [-0.25, -0.2) is 0 Å². The lowest BCUT2D eigenvalue weighted by Gasteiger charge is -2.53. The van der Waals surface area contributed by atoms with Crippen LogP contribution in [0.2, 0.25) is 0 Å². The van der Waals surface area contributed by atoms with E-state index in [1.165, 1.54) is 63.6 Å². The van der Waals surface area contributed by atoms with Crippen LogP contribution in [0, 0.1) is 5.41 Å². The zero-order valence-electron chi connectivity index (χ0n) is 11.7. The number of likely N-dealkylation sites (tertiary alicyclic amines) is 1. The first kappa shape index (κ1) is 11.8. The second-order valence-corrected chi connectivity index (χ2v) is 6.98.